The average Bonchev–Trinajstić information content (AvgIpc) is 3.10. The Labute approximate surface area is 170 Å². The third-order valence-corrected chi connectivity index (χ3v) is 5.05. The molecule has 1 aliphatic rings. The molecule has 7 heteroatoms. The quantitative estimate of drug-likeness (QED) is 0.786. The molecule has 3 amide bonds. The summed E-state index contributed by atoms with van der Waals surface area (Å²) in [6, 6.07) is 12.6. The van der Waals surface area contributed by atoms with E-state index in [1.807, 2.05) is 32.0 Å². The Bertz CT molecular complexity index is 924. The Kier molecular flexibility index (Phi) is 6.16. The first-order valence-electron chi connectivity index (χ1n) is 9.49. The van der Waals surface area contributed by atoms with Gasteiger partial charge in [-0.1, -0.05) is 6.07 Å². The van der Waals surface area contributed by atoms with Crippen LogP contribution in [0.4, 0.5) is 11.4 Å². The van der Waals surface area contributed by atoms with Gasteiger partial charge in [-0.15, -0.1) is 0 Å². The number of hydrogen-bond donors (Lipinski definition) is 2. The number of ether oxygens (including phenoxy) is 1. The van der Waals surface area contributed by atoms with Crippen molar-refractivity contribution in [3.8, 4) is 5.75 Å². The highest BCUT2D eigenvalue weighted by Crippen LogP contribution is 2.27. The van der Waals surface area contributed by atoms with E-state index in [0.29, 0.717) is 18.0 Å². The van der Waals surface area contributed by atoms with Crippen LogP contribution in [0.5, 0.6) is 5.75 Å². The van der Waals surface area contributed by atoms with Gasteiger partial charge >= 0.3 is 0 Å². The minimum atomic E-state index is -0.336. The van der Waals surface area contributed by atoms with Crippen LogP contribution in [0.15, 0.2) is 42.5 Å². The number of benzene rings is 2. The molecule has 0 aromatic heterocycles. The Morgan fingerprint density at radius 3 is 2.48 bits per heavy atom. The zero-order chi connectivity index (χ0) is 21.0. The van der Waals surface area contributed by atoms with Crippen LogP contribution in [-0.2, 0) is 14.4 Å². The molecule has 0 spiro atoms. The first-order valence-corrected chi connectivity index (χ1v) is 9.49. The molecule has 7 nitrogen and oxygen atoms in total. The van der Waals surface area contributed by atoms with Crippen LogP contribution in [0.1, 0.15) is 17.5 Å². The van der Waals surface area contributed by atoms with Crippen molar-refractivity contribution in [2.75, 3.05) is 30.4 Å². The van der Waals surface area contributed by atoms with Gasteiger partial charge in [0, 0.05) is 31.4 Å². The third-order valence-electron chi connectivity index (χ3n) is 5.05. The van der Waals surface area contributed by atoms with Crippen molar-refractivity contribution in [3.63, 3.8) is 0 Å². The van der Waals surface area contributed by atoms with E-state index in [4.69, 9.17) is 4.74 Å². The van der Waals surface area contributed by atoms with Crippen LogP contribution in [-0.4, -0.2) is 37.9 Å². The Morgan fingerprint density at radius 1 is 1.10 bits per heavy atom. The summed E-state index contributed by atoms with van der Waals surface area (Å²) in [4.78, 5) is 37.6. The number of rotatable bonds is 6. The predicted octanol–water partition coefficient (Wildman–Crippen LogP) is 2.42. The lowest BCUT2D eigenvalue weighted by molar-refractivity contribution is -0.125. The third kappa shape index (κ3) is 4.93. The normalized spacial score (nSPS) is 15.9. The van der Waals surface area contributed by atoms with Gasteiger partial charge in [-0.05, 0) is 61.4 Å². The van der Waals surface area contributed by atoms with Crippen LogP contribution in [0.2, 0.25) is 0 Å². The molecule has 152 valence electrons. The van der Waals surface area contributed by atoms with E-state index >= 15 is 0 Å². The molecule has 2 N–H and O–H groups in total. The van der Waals surface area contributed by atoms with Gasteiger partial charge < -0.3 is 20.3 Å². The number of carbonyl (C=O) groups excluding carboxylic acids is 3. The molecule has 2 aromatic carbocycles. The fourth-order valence-electron chi connectivity index (χ4n) is 3.22. The van der Waals surface area contributed by atoms with Gasteiger partial charge in [0.15, 0.2) is 6.61 Å². The largest absolute Gasteiger partial charge is 0.484 e. The van der Waals surface area contributed by atoms with E-state index in [9.17, 15) is 14.4 Å². The van der Waals surface area contributed by atoms with Crippen LogP contribution in [0, 0.1) is 19.8 Å². The maximum Gasteiger partial charge on any atom is 0.262 e. The standard InChI is InChI=1S/C22H25N3O4/c1-14-4-5-17(10-15(14)2)24-20(26)13-29-19-8-6-18(7-9-19)25-12-16(11-21(25)27)22(28)23-3/h4-10,16H,11-13H2,1-3H3,(H,23,28)(H,24,26)/t16-/m1/s1. The maximum absolute atomic E-state index is 12.2. The second kappa shape index (κ2) is 8.77. The van der Waals surface area contributed by atoms with Crippen molar-refractivity contribution in [1.29, 1.82) is 0 Å². The van der Waals surface area contributed by atoms with E-state index in [1.165, 1.54) is 0 Å². The molecule has 1 atom stereocenters. The number of anilines is 2. The molecular weight excluding hydrogens is 370 g/mol. The lowest BCUT2D eigenvalue weighted by Gasteiger charge is -2.17. The molecule has 1 aliphatic heterocycles. The first-order chi connectivity index (χ1) is 13.9. The molecular formula is C22H25N3O4. The Morgan fingerprint density at radius 2 is 1.83 bits per heavy atom. The summed E-state index contributed by atoms with van der Waals surface area (Å²) in [6.45, 7) is 4.25. The number of carbonyl (C=O) groups is 3. The van der Waals surface area contributed by atoms with E-state index < -0.39 is 0 Å². The minimum Gasteiger partial charge on any atom is -0.484 e. The molecule has 2 aromatic rings. The highest BCUT2D eigenvalue weighted by atomic mass is 16.5. The van der Waals surface area contributed by atoms with Crippen molar-refractivity contribution in [2.24, 2.45) is 5.92 Å². The van der Waals surface area contributed by atoms with Crippen LogP contribution >= 0.6 is 0 Å². The number of nitrogens with one attached hydrogen (secondary N) is 2. The van der Waals surface area contributed by atoms with Gasteiger partial charge in [-0.3, -0.25) is 14.4 Å². The molecule has 3 rings (SSSR count). The van der Waals surface area contributed by atoms with Gasteiger partial charge in [-0.2, -0.15) is 0 Å². The molecule has 1 heterocycles. The highest BCUT2D eigenvalue weighted by Gasteiger charge is 2.34. The topological polar surface area (TPSA) is 87.7 Å². The predicted molar refractivity (Wildman–Crippen MR) is 111 cm³/mol. The molecule has 0 radical (unpaired) electrons. The van der Waals surface area contributed by atoms with E-state index in [-0.39, 0.29) is 36.7 Å². The second-order valence-electron chi connectivity index (χ2n) is 7.15. The monoisotopic (exact) mass is 395 g/mol. The summed E-state index contributed by atoms with van der Waals surface area (Å²) in [5.74, 6) is -0.271. The summed E-state index contributed by atoms with van der Waals surface area (Å²) >= 11 is 0. The highest BCUT2D eigenvalue weighted by molar-refractivity contribution is 6.00. The summed E-state index contributed by atoms with van der Waals surface area (Å²) < 4.78 is 5.54. The maximum atomic E-state index is 12.2. The fourth-order valence-corrected chi connectivity index (χ4v) is 3.22. The molecule has 0 saturated carbocycles. The Hall–Kier alpha value is -3.35. The van der Waals surface area contributed by atoms with Crippen LogP contribution in [0.3, 0.4) is 0 Å². The lowest BCUT2D eigenvalue weighted by Crippen LogP contribution is -2.30. The molecule has 0 aliphatic carbocycles. The molecule has 1 fully saturated rings. The Balaban J connectivity index is 1.54. The van der Waals surface area contributed by atoms with Crippen molar-refractivity contribution in [1.82, 2.24) is 5.32 Å². The number of aryl methyl sites for hydroxylation is 2. The van der Waals surface area contributed by atoms with Crippen LogP contribution in [0.25, 0.3) is 0 Å². The average molecular weight is 395 g/mol. The molecule has 0 unspecified atom stereocenters. The summed E-state index contributed by atoms with van der Waals surface area (Å²) in [5, 5.41) is 5.39. The van der Waals surface area contributed by atoms with E-state index in [0.717, 1.165) is 16.8 Å². The number of hydrogen-bond acceptors (Lipinski definition) is 4. The zero-order valence-electron chi connectivity index (χ0n) is 16.8. The zero-order valence-corrected chi connectivity index (χ0v) is 16.8. The minimum absolute atomic E-state index is 0.0833. The fraction of sp³-hybridized carbons (Fsp3) is 0.318. The van der Waals surface area contributed by atoms with Gasteiger partial charge in [-0.25, -0.2) is 0 Å². The second-order valence-corrected chi connectivity index (χ2v) is 7.15. The summed E-state index contributed by atoms with van der Waals surface area (Å²) in [7, 11) is 1.57. The van der Waals surface area contributed by atoms with Crippen molar-refractivity contribution in [2.45, 2.75) is 20.3 Å². The molecule has 29 heavy (non-hydrogen) atoms. The lowest BCUT2D eigenvalue weighted by atomic mass is 10.1. The van der Waals surface area contributed by atoms with Crippen LogP contribution < -0.4 is 20.3 Å². The van der Waals surface area contributed by atoms with Crippen molar-refractivity contribution >= 4 is 29.1 Å². The summed E-state index contributed by atoms with van der Waals surface area (Å²) in [6.07, 6.45) is 0.205. The SMILES string of the molecule is CNC(=O)[C@@H]1CC(=O)N(c2ccc(OCC(=O)Nc3ccc(C)c(C)c3)cc2)C1. The van der Waals surface area contributed by atoms with E-state index in [2.05, 4.69) is 10.6 Å². The molecule has 1 saturated heterocycles. The molecule has 0 bridgehead atoms. The smallest absolute Gasteiger partial charge is 0.262 e. The van der Waals surface area contributed by atoms with Gasteiger partial charge in [0.1, 0.15) is 5.75 Å². The van der Waals surface area contributed by atoms with Gasteiger partial charge in [0.05, 0.1) is 5.92 Å². The number of nitrogens with zero attached hydrogens (tertiary/aromatic N) is 1. The van der Waals surface area contributed by atoms with Crippen molar-refractivity contribution in [3.05, 3.63) is 53.6 Å². The first kappa shape index (κ1) is 20.4. The van der Waals surface area contributed by atoms with E-state index in [1.54, 1.807) is 36.2 Å². The van der Waals surface area contributed by atoms with Gasteiger partial charge in [0.2, 0.25) is 11.8 Å². The number of amides is 3. The summed E-state index contributed by atoms with van der Waals surface area (Å²) in [5.41, 5.74) is 3.70. The van der Waals surface area contributed by atoms with Crippen molar-refractivity contribution < 1.29 is 19.1 Å². The van der Waals surface area contributed by atoms with Gasteiger partial charge in [0.25, 0.3) is 5.91 Å².